The van der Waals surface area contributed by atoms with E-state index in [-0.39, 0.29) is 34.6 Å². The van der Waals surface area contributed by atoms with Gasteiger partial charge in [0.05, 0.1) is 11.9 Å². The SMILES string of the molecule is CCCNC(=O)[C@@H](Cc1ccccc1)N(Cc1ccc(Br)cc1)C(=O)CN(c1cc(Cl)cc(Cl)c1)S(C)(=O)=O. The Morgan fingerprint density at radius 1 is 0.949 bits per heavy atom. The van der Waals surface area contributed by atoms with E-state index in [0.717, 1.165) is 32.6 Å². The molecule has 0 fully saturated rings. The highest BCUT2D eigenvalue weighted by Gasteiger charge is 2.33. The molecule has 2 amide bonds. The highest BCUT2D eigenvalue weighted by molar-refractivity contribution is 9.10. The highest BCUT2D eigenvalue weighted by atomic mass is 79.9. The number of benzene rings is 3. The van der Waals surface area contributed by atoms with Crippen molar-refractivity contribution in [3.63, 3.8) is 0 Å². The molecule has 3 aromatic rings. The summed E-state index contributed by atoms with van der Waals surface area (Å²) in [6.45, 7) is 1.94. The van der Waals surface area contributed by atoms with E-state index in [0.29, 0.717) is 6.54 Å². The molecule has 208 valence electrons. The number of carbonyl (C=O) groups excluding carboxylic acids is 2. The first-order valence-corrected chi connectivity index (χ1v) is 15.7. The van der Waals surface area contributed by atoms with E-state index in [9.17, 15) is 18.0 Å². The minimum absolute atomic E-state index is 0.0943. The zero-order valence-electron chi connectivity index (χ0n) is 21.6. The number of carbonyl (C=O) groups is 2. The Morgan fingerprint density at radius 2 is 1.56 bits per heavy atom. The number of nitrogens with one attached hydrogen (secondary N) is 1. The Labute approximate surface area is 248 Å². The van der Waals surface area contributed by atoms with E-state index >= 15 is 0 Å². The quantitative estimate of drug-likeness (QED) is 0.272. The van der Waals surface area contributed by atoms with Gasteiger partial charge in [0.2, 0.25) is 21.8 Å². The van der Waals surface area contributed by atoms with Gasteiger partial charge in [-0.3, -0.25) is 13.9 Å². The van der Waals surface area contributed by atoms with Crippen LogP contribution in [-0.4, -0.2) is 50.5 Å². The third kappa shape index (κ3) is 9.24. The van der Waals surface area contributed by atoms with Crippen molar-refractivity contribution in [1.82, 2.24) is 10.2 Å². The molecule has 0 aliphatic carbocycles. The normalized spacial score (nSPS) is 12.0. The fourth-order valence-electron chi connectivity index (χ4n) is 4.00. The van der Waals surface area contributed by atoms with E-state index in [4.69, 9.17) is 23.2 Å². The van der Waals surface area contributed by atoms with Crippen LogP contribution in [-0.2, 0) is 32.6 Å². The maximum atomic E-state index is 14.0. The van der Waals surface area contributed by atoms with E-state index < -0.39 is 28.5 Å². The molecule has 0 saturated carbocycles. The molecule has 3 aromatic carbocycles. The summed E-state index contributed by atoms with van der Waals surface area (Å²) in [6.07, 6.45) is 1.98. The zero-order valence-corrected chi connectivity index (χ0v) is 25.5. The molecule has 7 nitrogen and oxygen atoms in total. The van der Waals surface area contributed by atoms with E-state index in [1.807, 2.05) is 61.5 Å². The molecule has 1 atom stereocenters. The number of rotatable bonds is 12. The van der Waals surface area contributed by atoms with Crippen LogP contribution in [0.3, 0.4) is 0 Å². The Morgan fingerprint density at radius 3 is 2.13 bits per heavy atom. The number of hydrogen-bond acceptors (Lipinski definition) is 4. The van der Waals surface area contributed by atoms with Gasteiger partial charge < -0.3 is 10.2 Å². The molecule has 0 spiro atoms. The van der Waals surface area contributed by atoms with Crippen LogP contribution in [0.5, 0.6) is 0 Å². The Kier molecular flexibility index (Phi) is 11.2. The summed E-state index contributed by atoms with van der Waals surface area (Å²) in [4.78, 5) is 28.9. The number of amides is 2. The summed E-state index contributed by atoms with van der Waals surface area (Å²) >= 11 is 15.7. The largest absolute Gasteiger partial charge is 0.354 e. The highest BCUT2D eigenvalue weighted by Crippen LogP contribution is 2.27. The van der Waals surface area contributed by atoms with E-state index in [1.54, 1.807) is 0 Å². The van der Waals surface area contributed by atoms with Crippen molar-refractivity contribution in [2.24, 2.45) is 0 Å². The monoisotopic (exact) mass is 653 g/mol. The molecule has 3 rings (SSSR count). The first kappa shape index (κ1) is 30.9. The minimum Gasteiger partial charge on any atom is -0.354 e. The predicted molar refractivity (Wildman–Crippen MR) is 161 cm³/mol. The molecule has 11 heteroatoms. The standard InChI is InChI=1S/C28H30BrCl2N3O4S/c1-3-13-32-28(36)26(14-20-7-5-4-6-8-20)33(18-21-9-11-22(29)12-10-21)27(35)19-34(39(2,37)38)25-16-23(30)15-24(31)17-25/h4-12,15-17,26H,3,13-14,18-19H2,1-2H3,(H,32,36)/t26-/m1/s1. The summed E-state index contributed by atoms with van der Waals surface area (Å²) in [5.74, 6) is -0.866. The second-order valence-corrected chi connectivity index (χ2v) is 12.7. The Balaban J connectivity index is 2.05. The van der Waals surface area contributed by atoms with Gasteiger partial charge in [-0.15, -0.1) is 0 Å². The number of nitrogens with zero attached hydrogens (tertiary/aromatic N) is 2. The van der Waals surface area contributed by atoms with Gasteiger partial charge in [0.15, 0.2) is 0 Å². The fourth-order valence-corrected chi connectivity index (χ4v) is 5.62. The fraction of sp³-hybridized carbons (Fsp3) is 0.286. The van der Waals surface area contributed by atoms with Gasteiger partial charge in [-0.2, -0.15) is 0 Å². The average Bonchev–Trinajstić information content (AvgIpc) is 2.88. The Hall–Kier alpha value is -2.59. The van der Waals surface area contributed by atoms with E-state index in [1.165, 1.54) is 23.1 Å². The first-order valence-electron chi connectivity index (χ1n) is 12.3. The van der Waals surface area contributed by atoms with Crippen LogP contribution in [0.15, 0.2) is 77.3 Å². The smallest absolute Gasteiger partial charge is 0.244 e. The number of hydrogen-bond donors (Lipinski definition) is 1. The minimum atomic E-state index is -3.92. The molecule has 0 saturated heterocycles. The molecule has 0 radical (unpaired) electrons. The van der Waals surface area contributed by atoms with Crippen molar-refractivity contribution in [3.8, 4) is 0 Å². The molecule has 0 unspecified atom stereocenters. The molecule has 1 N–H and O–H groups in total. The number of halogens is 3. The van der Waals surface area contributed by atoms with Crippen molar-refractivity contribution < 1.29 is 18.0 Å². The summed E-state index contributed by atoms with van der Waals surface area (Å²) in [5, 5.41) is 3.36. The van der Waals surface area contributed by atoms with Crippen LogP contribution in [0.2, 0.25) is 10.0 Å². The van der Waals surface area contributed by atoms with Crippen LogP contribution in [0.1, 0.15) is 24.5 Å². The molecule has 0 bridgehead atoms. The van der Waals surface area contributed by atoms with Crippen LogP contribution < -0.4 is 9.62 Å². The van der Waals surface area contributed by atoms with Crippen LogP contribution in [0, 0.1) is 0 Å². The second kappa shape index (κ2) is 14.2. The lowest BCUT2D eigenvalue weighted by molar-refractivity contribution is -0.140. The van der Waals surface area contributed by atoms with Crippen molar-refractivity contribution in [3.05, 3.63) is 98.4 Å². The maximum Gasteiger partial charge on any atom is 0.244 e. The van der Waals surface area contributed by atoms with E-state index in [2.05, 4.69) is 21.2 Å². The summed E-state index contributed by atoms with van der Waals surface area (Å²) in [5.41, 5.74) is 1.80. The average molecular weight is 655 g/mol. The van der Waals surface area contributed by atoms with Crippen molar-refractivity contribution in [2.75, 3.05) is 23.7 Å². The Bertz CT molecular complexity index is 1370. The lowest BCUT2D eigenvalue weighted by Crippen LogP contribution is -2.53. The topological polar surface area (TPSA) is 86.8 Å². The summed E-state index contributed by atoms with van der Waals surface area (Å²) in [6, 6.07) is 20.2. The number of sulfonamides is 1. The van der Waals surface area contributed by atoms with Gasteiger partial charge in [0.1, 0.15) is 12.6 Å². The summed E-state index contributed by atoms with van der Waals surface area (Å²) < 4.78 is 27.5. The molecule has 0 heterocycles. The third-order valence-corrected chi connectivity index (χ3v) is 8.01. The van der Waals surface area contributed by atoms with Gasteiger partial charge in [0, 0.05) is 34.0 Å². The second-order valence-electron chi connectivity index (χ2n) is 9.04. The van der Waals surface area contributed by atoms with Crippen molar-refractivity contribution in [2.45, 2.75) is 32.4 Å². The van der Waals surface area contributed by atoms with Crippen LogP contribution in [0.4, 0.5) is 5.69 Å². The molecular weight excluding hydrogens is 625 g/mol. The van der Waals surface area contributed by atoms with Crippen molar-refractivity contribution in [1.29, 1.82) is 0 Å². The summed E-state index contributed by atoms with van der Waals surface area (Å²) in [7, 11) is -3.92. The lowest BCUT2D eigenvalue weighted by atomic mass is 10.0. The number of anilines is 1. The molecule has 0 aromatic heterocycles. The zero-order chi connectivity index (χ0) is 28.6. The van der Waals surface area contributed by atoms with Crippen molar-refractivity contribution >= 4 is 66.7 Å². The maximum absolute atomic E-state index is 14.0. The van der Waals surface area contributed by atoms with Gasteiger partial charge in [-0.05, 0) is 47.9 Å². The molecule has 0 aliphatic rings. The van der Waals surface area contributed by atoms with Crippen LogP contribution >= 0.6 is 39.1 Å². The molecule has 0 aliphatic heterocycles. The predicted octanol–water partition coefficient (Wildman–Crippen LogP) is 5.69. The van der Waals surface area contributed by atoms with Crippen LogP contribution in [0.25, 0.3) is 0 Å². The van der Waals surface area contributed by atoms with Gasteiger partial charge in [-0.1, -0.05) is 88.5 Å². The van der Waals surface area contributed by atoms with Gasteiger partial charge in [-0.25, -0.2) is 8.42 Å². The lowest BCUT2D eigenvalue weighted by Gasteiger charge is -2.33. The molecule has 39 heavy (non-hydrogen) atoms. The van der Waals surface area contributed by atoms with Gasteiger partial charge >= 0.3 is 0 Å². The first-order chi connectivity index (χ1) is 18.5. The molecular formula is C28H30BrCl2N3O4S. The van der Waals surface area contributed by atoms with Gasteiger partial charge in [0.25, 0.3) is 0 Å². The third-order valence-electron chi connectivity index (χ3n) is 5.90.